The normalized spacial score (nSPS) is 18.0. The van der Waals surface area contributed by atoms with Crippen LogP contribution in [0.4, 0.5) is 0 Å². The van der Waals surface area contributed by atoms with Crippen LogP contribution in [0.15, 0.2) is 84.1 Å². The molecular weight excluding hydrogens is 332 g/mol. The Morgan fingerprint density at radius 3 is 2.04 bits per heavy atom. The average Bonchev–Trinajstić information content (AvgIpc) is 3.14. The van der Waals surface area contributed by atoms with Crippen molar-refractivity contribution in [2.75, 3.05) is 0 Å². The van der Waals surface area contributed by atoms with Gasteiger partial charge in [-0.15, -0.1) is 0 Å². The number of aromatic hydroxyl groups is 1. The van der Waals surface area contributed by atoms with Crippen LogP contribution in [0.25, 0.3) is 16.7 Å². The number of aliphatic hydroxyl groups is 1. The summed E-state index contributed by atoms with van der Waals surface area (Å²) in [6.45, 7) is 0. The number of phenols is 1. The molecule has 0 fully saturated rings. The molecule has 0 radical (unpaired) electrons. The lowest BCUT2D eigenvalue weighted by Gasteiger charge is -2.32. The van der Waals surface area contributed by atoms with Gasteiger partial charge in [0.25, 0.3) is 0 Å². The third kappa shape index (κ3) is 1.66. The first kappa shape index (κ1) is 14.9. The molecule has 3 aliphatic carbocycles. The minimum atomic E-state index is -0.467. The summed E-state index contributed by atoms with van der Waals surface area (Å²) in [6, 6.07) is 22.8. The van der Waals surface area contributed by atoms with Crippen LogP contribution in [0.3, 0.4) is 0 Å². The Bertz CT molecular complexity index is 1150. The third-order valence-corrected chi connectivity index (χ3v) is 6.36. The van der Waals surface area contributed by atoms with Gasteiger partial charge in [-0.3, -0.25) is 0 Å². The fourth-order valence-electron chi connectivity index (χ4n) is 5.39. The van der Waals surface area contributed by atoms with E-state index in [0.29, 0.717) is 12.2 Å². The third-order valence-electron chi connectivity index (χ3n) is 6.36. The lowest BCUT2D eigenvalue weighted by molar-refractivity contribution is 0.387. The van der Waals surface area contributed by atoms with E-state index >= 15 is 0 Å². The monoisotopic (exact) mass is 350 g/mol. The Kier molecular flexibility index (Phi) is 2.71. The molecule has 6 rings (SSSR count). The topological polar surface area (TPSA) is 40.5 Å². The fraction of sp³-hybridized carbons (Fsp3) is 0.120. The minimum Gasteiger partial charge on any atom is -0.512 e. The second-order valence-corrected chi connectivity index (χ2v) is 7.60. The first-order valence-corrected chi connectivity index (χ1v) is 9.37. The summed E-state index contributed by atoms with van der Waals surface area (Å²) >= 11 is 0. The van der Waals surface area contributed by atoms with Gasteiger partial charge in [-0.25, -0.2) is 0 Å². The van der Waals surface area contributed by atoms with Crippen LogP contribution in [0, 0.1) is 0 Å². The van der Waals surface area contributed by atoms with Crippen molar-refractivity contribution < 1.29 is 10.2 Å². The summed E-state index contributed by atoms with van der Waals surface area (Å²) in [5.41, 5.74) is 9.21. The van der Waals surface area contributed by atoms with E-state index in [0.717, 1.165) is 17.6 Å². The summed E-state index contributed by atoms with van der Waals surface area (Å²) in [5, 5.41) is 20.7. The van der Waals surface area contributed by atoms with Crippen LogP contribution in [-0.4, -0.2) is 10.2 Å². The Balaban J connectivity index is 1.84. The van der Waals surface area contributed by atoms with Gasteiger partial charge < -0.3 is 10.2 Å². The molecule has 0 atom stereocenters. The average molecular weight is 350 g/mol. The van der Waals surface area contributed by atoms with Gasteiger partial charge in [0.05, 0.1) is 11.2 Å². The predicted octanol–water partition coefficient (Wildman–Crippen LogP) is 5.71. The van der Waals surface area contributed by atoms with Gasteiger partial charge in [0, 0.05) is 6.42 Å². The highest BCUT2D eigenvalue weighted by Crippen LogP contribution is 2.63. The van der Waals surface area contributed by atoms with Crippen molar-refractivity contribution in [2.24, 2.45) is 0 Å². The second-order valence-electron chi connectivity index (χ2n) is 7.60. The van der Waals surface area contributed by atoms with Crippen molar-refractivity contribution in [2.45, 2.75) is 18.3 Å². The number of benzene rings is 3. The molecule has 3 aliphatic rings. The molecule has 3 aromatic rings. The molecule has 0 saturated carbocycles. The van der Waals surface area contributed by atoms with Crippen LogP contribution in [0.2, 0.25) is 0 Å². The number of phenolic OH excluding ortho intramolecular Hbond substituents is 1. The maximum Gasteiger partial charge on any atom is 0.115 e. The number of aliphatic hydroxyl groups excluding tert-OH is 1. The first-order valence-electron chi connectivity index (χ1n) is 9.37. The Hall–Kier alpha value is -3.26. The largest absolute Gasteiger partial charge is 0.512 e. The van der Waals surface area contributed by atoms with E-state index in [-0.39, 0.29) is 5.75 Å². The molecule has 27 heavy (non-hydrogen) atoms. The predicted molar refractivity (Wildman–Crippen MR) is 107 cm³/mol. The van der Waals surface area contributed by atoms with Crippen molar-refractivity contribution in [3.63, 3.8) is 0 Å². The van der Waals surface area contributed by atoms with Crippen molar-refractivity contribution in [3.8, 4) is 16.9 Å². The summed E-state index contributed by atoms with van der Waals surface area (Å²) in [6.07, 6.45) is 3.45. The summed E-state index contributed by atoms with van der Waals surface area (Å²) in [5.74, 6) is 0.718. The maximum atomic E-state index is 10.4. The van der Waals surface area contributed by atoms with E-state index in [4.69, 9.17) is 0 Å². The highest BCUT2D eigenvalue weighted by atomic mass is 16.3. The van der Waals surface area contributed by atoms with Gasteiger partial charge in [0.1, 0.15) is 5.75 Å². The van der Waals surface area contributed by atoms with Crippen molar-refractivity contribution in [3.05, 3.63) is 106 Å². The molecule has 0 aromatic heterocycles. The number of rotatable bonds is 0. The van der Waals surface area contributed by atoms with E-state index in [1.54, 1.807) is 6.07 Å². The molecule has 2 nitrogen and oxygen atoms in total. The highest BCUT2D eigenvalue weighted by molar-refractivity contribution is 5.96. The fourth-order valence-corrected chi connectivity index (χ4v) is 5.39. The Morgan fingerprint density at radius 2 is 1.33 bits per heavy atom. The van der Waals surface area contributed by atoms with Crippen LogP contribution < -0.4 is 0 Å². The molecule has 0 aliphatic heterocycles. The molecule has 3 aromatic carbocycles. The molecule has 0 saturated heterocycles. The zero-order valence-corrected chi connectivity index (χ0v) is 14.7. The summed E-state index contributed by atoms with van der Waals surface area (Å²) in [4.78, 5) is 0. The zero-order chi connectivity index (χ0) is 18.2. The van der Waals surface area contributed by atoms with Gasteiger partial charge in [0.2, 0.25) is 0 Å². The van der Waals surface area contributed by atoms with Crippen LogP contribution >= 0.6 is 0 Å². The Labute approximate surface area is 157 Å². The summed E-state index contributed by atoms with van der Waals surface area (Å²) in [7, 11) is 0. The van der Waals surface area contributed by atoms with Crippen molar-refractivity contribution in [1.29, 1.82) is 0 Å². The van der Waals surface area contributed by atoms with Gasteiger partial charge in [0.15, 0.2) is 0 Å². The molecule has 0 unspecified atom stereocenters. The van der Waals surface area contributed by atoms with Crippen LogP contribution in [0.1, 0.15) is 35.1 Å². The van der Waals surface area contributed by atoms with Gasteiger partial charge >= 0.3 is 0 Å². The SMILES string of the molecule is OC1=CC2=C(CC1)c1ccc(O)cc1C21c2ccccc2-c2ccccc21. The molecular formula is C25H18O2. The van der Waals surface area contributed by atoms with Gasteiger partial charge in [-0.05, 0) is 69.2 Å². The van der Waals surface area contributed by atoms with Crippen molar-refractivity contribution >= 4 is 5.57 Å². The number of hydrogen-bond donors (Lipinski definition) is 2. The molecule has 2 heteroatoms. The van der Waals surface area contributed by atoms with Gasteiger partial charge in [-0.2, -0.15) is 0 Å². The molecule has 0 amide bonds. The van der Waals surface area contributed by atoms with E-state index in [2.05, 4.69) is 48.5 Å². The number of hydrogen-bond acceptors (Lipinski definition) is 2. The number of allylic oxidation sites excluding steroid dienone is 4. The molecule has 130 valence electrons. The zero-order valence-electron chi connectivity index (χ0n) is 14.7. The van der Waals surface area contributed by atoms with Crippen LogP contribution in [0.5, 0.6) is 5.75 Å². The Morgan fingerprint density at radius 1 is 0.667 bits per heavy atom. The maximum absolute atomic E-state index is 10.4. The van der Waals surface area contributed by atoms with E-state index in [9.17, 15) is 10.2 Å². The van der Waals surface area contributed by atoms with E-state index in [1.807, 2.05) is 18.2 Å². The minimum absolute atomic E-state index is 0.281. The molecule has 1 spiro atoms. The quantitative estimate of drug-likeness (QED) is 0.545. The summed E-state index contributed by atoms with van der Waals surface area (Å²) < 4.78 is 0. The van der Waals surface area contributed by atoms with E-state index in [1.165, 1.54) is 33.4 Å². The molecule has 0 heterocycles. The van der Waals surface area contributed by atoms with E-state index < -0.39 is 5.41 Å². The molecule has 2 N–H and O–H groups in total. The lowest BCUT2D eigenvalue weighted by atomic mass is 9.69. The second kappa shape index (κ2) is 4.92. The standard InChI is InChI=1S/C25H18O2/c26-15-9-11-19-20-12-10-16(27)14-24(20)25(23(19)13-15)21-7-3-1-5-17(21)18-6-2-4-8-22(18)25/h1-9,11,13-14,26-27H,10,12H2. The highest BCUT2D eigenvalue weighted by Gasteiger charge is 2.52. The smallest absolute Gasteiger partial charge is 0.115 e. The first-order chi connectivity index (χ1) is 13.2. The lowest BCUT2D eigenvalue weighted by Crippen LogP contribution is -2.27. The number of fused-ring (bicyclic) bond motifs is 9. The molecule has 0 bridgehead atoms. The van der Waals surface area contributed by atoms with Crippen LogP contribution in [-0.2, 0) is 5.41 Å². The van der Waals surface area contributed by atoms with Gasteiger partial charge in [-0.1, -0.05) is 54.6 Å². The van der Waals surface area contributed by atoms with Crippen molar-refractivity contribution in [1.82, 2.24) is 0 Å².